The summed E-state index contributed by atoms with van der Waals surface area (Å²) in [4.78, 5) is 27.3. The molecule has 1 aromatic heterocycles. The number of aromatic nitrogens is 1. The number of halogens is 3. The number of allylic oxidation sites excluding steroid dienone is 1. The molecule has 0 bridgehead atoms. The van der Waals surface area contributed by atoms with Gasteiger partial charge in [-0.05, 0) is 62.3 Å². The fourth-order valence-electron chi connectivity index (χ4n) is 3.95. The SMILES string of the molecule is C=C(/C(=C\C)C(=O)Nc1ccc(-c2ccc(OC3CCC(CC=O)CC3)nc2)cc1)C(F)(F)F. The molecule has 3 rings (SSSR count). The molecule has 1 aliphatic rings. The van der Waals surface area contributed by atoms with Gasteiger partial charge in [-0.25, -0.2) is 4.98 Å². The molecule has 0 aliphatic heterocycles. The van der Waals surface area contributed by atoms with Crippen molar-refractivity contribution in [2.24, 2.45) is 5.92 Å². The molecular weight excluding hydrogens is 445 g/mol. The number of nitrogens with one attached hydrogen (secondary N) is 1. The summed E-state index contributed by atoms with van der Waals surface area (Å²) < 4.78 is 44.6. The van der Waals surface area contributed by atoms with Gasteiger partial charge in [-0.1, -0.05) is 24.8 Å². The molecule has 5 nitrogen and oxygen atoms in total. The summed E-state index contributed by atoms with van der Waals surface area (Å²) >= 11 is 0. The van der Waals surface area contributed by atoms with Gasteiger partial charge in [0, 0.05) is 35.5 Å². The Labute approximate surface area is 196 Å². The number of carbonyl (C=O) groups excluding carboxylic acids is 2. The molecule has 34 heavy (non-hydrogen) atoms. The third kappa shape index (κ3) is 6.56. The average Bonchev–Trinajstić information content (AvgIpc) is 2.81. The van der Waals surface area contributed by atoms with Crippen molar-refractivity contribution >= 4 is 17.9 Å². The molecule has 1 saturated carbocycles. The first-order valence-electron chi connectivity index (χ1n) is 11.1. The summed E-state index contributed by atoms with van der Waals surface area (Å²) in [6, 6.07) is 10.4. The predicted octanol–water partition coefficient (Wildman–Crippen LogP) is 6.28. The number of rotatable bonds is 8. The molecule has 180 valence electrons. The number of pyridine rings is 1. The molecule has 0 radical (unpaired) electrons. The zero-order chi connectivity index (χ0) is 24.7. The number of anilines is 1. The fourth-order valence-corrected chi connectivity index (χ4v) is 3.95. The molecule has 1 aliphatic carbocycles. The summed E-state index contributed by atoms with van der Waals surface area (Å²) in [5, 5.41) is 2.47. The summed E-state index contributed by atoms with van der Waals surface area (Å²) in [6.07, 6.45) is 3.55. The van der Waals surface area contributed by atoms with Crippen molar-refractivity contribution < 1.29 is 27.5 Å². The van der Waals surface area contributed by atoms with E-state index in [0.29, 0.717) is 23.9 Å². The topological polar surface area (TPSA) is 68.3 Å². The van der Waals surface area contributed by atoms with Crippen molar-refractivity contribution in [3.8, 4) is 17.0 Å². The van der Waals surface area contributed by atoms with E-state index in [2.05, 4.69) is 16.9 Å². The fraction of sp³-hybridized carbons (Fsp3) is 0.346. The Balaban J connectivity index is 1.58. The van der Waals surface area contributed by atoms with E-state index >= 15 is 0 Å². The Morgan fingerprint density at radius 2 is 1.76 bits per heavy atom. The minimum Gasteiger partial charge on any atom is -0.474 e. The van der Waals surface area contributed by atoms with Gasteiger partial charge >= 0.3 is 6.18 Å². The number of hydrogen-bond donors (Lipinski definition) is 1. The van der Waals surface area contributed by atoms with Crippen molar-refractivity contribution in [3.63, 3.8) is 0 Å². The number of alkyl halides is 3. The first-order valence-corrected chi connectivity index (χ1v) is 11.1. The van der Waals surface area contributed by atoms with Gasteiger partial charge in [-0.15, -0.1) is 0 Å². The molecular formula is C26H27F3N2O3. The van der Waals surface area contributed by atoms with Gasteiger partial charge in [0.2, 0.25) is 5.88 Å². The van der Waals surface area contributed by atoms with Gasteiger partial charge < -0.3 is 14.8 Å². The van der Waals surface area contributed by atoms with E-state index in [1.165, 1.54) is 6.92 Å². The monoisotopic (exact) mass is 472 g/mol. The van der Waals surface area contributed by atoms with Crippen molar-refractivity contribution in [2.45, 2.75) is 51.3 Å². The molecule has 2 aromatic rings. The third-order valence-corrected chi connectivity index (χ3v) is 5.92. The van der Waals surface area contributed by atoms with E-state index in [-0.39, 0.29) is 6.10 Å². The maximum atomic E-state index is 12.9. The molecule has 1 amide bonds. The Morgan fingerprint density at radius 1 is 1.12 bits per heavy atom. The van der Waals surface area contributed by atoms with E-state index < -0.39 is 23.2 Å². The Bertz CT molecular complexity index is 1040. The van der Waals surface area contributed by atoms with E-state index in [9.17, 15) is 22.8 Å². The number of aldehydes is 1. The predicted molar refractivity (Wildman–Crippen MR) is 124 cm³/mol. The second-order valence-corrected chi connectivity index (χ2v) is 8.26. The summed E-state index contributed by atoms with van der Waals surface area (Å²) in [7, 11) is 0. The van der Waals surface area contributed by atoms with E-state index in [0.717, 1.165) is 49.2 Å². The molecule has 1 heterocycles. The van der Waals surface area contributed by atoms with Gasteiger partial charge in [0.1, 0.15) is 12.4 Å². The molecule has 0 unspecified atom stereocenters. The van der Waals surface area contributed by atoms with Crippen LogP contribution < -0.4 is 10.1 Å². The van der Waals surface area contributed by atoms with Gasteiger partial charge in [0.25, 0.3) is 5.91 Å². The summed E-state index contributed by atoms with van der Waals surface area (Å²) in [5.41, 5.74) is 0.318. The number of ether oxygens (including phenoxy) is 1. The highest BCUT2D eigenvalue weighted by Crippen LogP contribution is 2.31. The molecule has 0 atom stereocenters. The Kier molecular flexibility index (Phi) is 8.26. The molecule has 0 spiro atoms. The summed E-state index contributed by atoms with van der Waals surface area (Å²) in [6.45, 7) is 4.34. The third-order valence-electron chi connectivity index (χ3n) is 5.92. The molecule has 0 saturated heterocycles. The van der Waals surface area contributed by atoms with E-state index in [1.807, 2.05) is 6.07 Å². The van der Waals surface area contributed by atoms with Crippen LogP contribution in [0, 0.1) is 5.92 Å². The van der Waals surface area contributed by atoms with Crippen LogP contribution in [0.15, 0.2) is 66.4 Å². The minimum absolute atomic E-state index is 0.0969. The largest absolute Gasteiger partial charge is 0.474 e. The molecule has 8 heteroatoms. The molecule has 1 aromatic carbocycles. The number of amides is 1. The van der Waals surface area contributed by atoms with Crippen LogP contribution in [0.3, 0.4) is 0 Å². The highest BCUT2D eigenvalue weighted by atomic mass is 19.4. The van der Waals surface area contributed by atoms with Crippen molar-refractivity contribution in [1.29, 1.82) is 0 Å². The maximum absolute atomic E-state index is 12.9. The highest BCUT2D eigenvalue weighted by Gasteiger charge is 2.36. The second-order valence-electron chi connectivity index (χ2n) is 8.26. The van der Waals surface area contributed by atoms with E-state index in [1.54, 1.807) is 36.5 Å². The highest BCUT2D eigenvalue weighted by molar-refractivity contribution is 6.07. The van der Waals surface area contributed by atoms with Crippen LogP contribution in [0.25, 0.3) is 11.1 Å². The van der Waals surface area contributed by atoms with Crippen LogP contribution >= 0.6 is 0 Å². The van der Waals surface area contributed by atoms with Crippen LogP contribution in [-0.4, -0.2) is 29.5 Å². The lowest BCUT2D eigenvalue weighted by Gasteiger charge is -2.27. The van der Waals surface area contributed by atoms with E-state index in [4.69, 9.17) is 4.74 Å². The van der Waals surface area contributed by atoms with Gasteiger partial charge in [-0.3, -0.25) is 4.79 Å². The van der Waals surface area contributed by atoms with Gasteiger partial charge in [0.15, 0.2) is 0 Å². The van der Waals surface area contributed by atoms with Crippen LogP contribution in [0.4, 0.5) is 18.9 Å². The van der Waals surface area contributed by atoms with Crippen molar-refractivity contribution in [3.05, 3.63) is 66.4 Å². The van der Waals surface area contributed by atoms with Crippen LogP contribution in [-0.2, 0) is 9.59 Å². The van der Waals surface area contributed by atoms with Gasteiger partial charge in [-0.2, -0.15) is 13.2 Å². The summed E-state index contributed by atoms with van der Waals surface area (Å²) in [5.74, 6) is 0.115. The molecule has 1 N–H and O–H groups in total. The number of carbonyl (C=O) groups is 2. The quantitative estimate of drug-likeness (QED) is 0.279. The van der Waals surface area contributed by atoms with Crippen molar-refractivity contribution in [2.75, 3.05) is 5.32 Å². The number of hydrogen-bond acceptors (Lipinski definition) is 4. The maximum Gasteiger partial charge on any atom is 0.416 e. The standard InChI is InChI=1S/C26H27F3N2O3/c1-3-23(17(2)26(27,28)29)25(33)31-21-9-6-19(7-10-21)20-8-13-24(30-16-20)34-22-11-4-18(5-12-22)14-15-32/h3,6-10,13,15-16,18,22H,2,4-5,11-12,14H2,1H3,(H,31,33)/b23-3+. The van der Waals surface area contributed by atoms with Crippen LogP contribution in [0.2, 0.25) is 0 Å². The lowest BCUT2D eigenvalue weighted by molar-refractivity contribution is -0.115. The first-order chi connectivity index (χ1) is 16.2. The van der Waals surface area contributed by atoms with Gasteiger partial charge in [0.05, 0.1) is 5.57 Å². The molecule has 1 fully saturated rings. The van der Waals surface area contributed by atoms with Crippen LogP contribution in [0.1, 0.15) is 39.0 Å². The van der Waals surface area contributed by atoms with Crippen LogP contribution in [0.5, 0.6) is 5.88 Å². The second kappa shape index (κ2) is 11.1. The van der Waals surface area contributed by atoms with Crippen molar-refractivity contribution in [1.82, 2.24) is 4.98 Å². The first kappa shape index (κ1) is 25.2. The smallest absolute Gasteiger partial charge is 0.416 e. The zero-order valence-corrected chi connectivity index (χ0v) is 18.9. The Morgan fingerprint density at radius 3 is 2.29 bits per heavy atom. The lowest BCUT2D eigenvalue weighted by atomic mass is 9.86. The normalized spacial score (nSPS) is 18.8. The minimum atomic E-state index is -4.68. The average molecular weight is 473 g/mol. The number of benzene rings is 1. The number of nitrogens with zero attached hydrogens (tertiary/aromatic N) is 1. The zero-order valence-electron chi connectivity index (χ0n) is 18.9. The lowest BCUT2D eigenvalue weighted by Crippen LogP contribution is -2.24. The Hall–Kier alpha value is -3.42.